The molecule has 24 heavy (non-hydrogen) atoms. The maximum absolute atomic E-state index is 11.5. The van der Waals surface area contributed by atoms with Gasteiger partial charge in [0.1, 0.15) is 5.75 Å². The summed E-state index contributed by atoms with van der Waals surface area (Å²) in [5.74, 6) is 1.37. The van der Waals surface area contributed by atoms with Gasteiger partial charge >= 0.3 is 0 Å². The van der Waals surface area contributed by atoms with Gasteiger partial charge in [0.2, 0.25) is 0 Å². The largest absolute Gasteiger partial charge is 0.493 e. The predicted octanol–water partition coefficient (Wildman–Crippen LogP) is 1.93. The Morgan fingerprint density at radius 3 is 2.29 bits per heavy atom. The SMILES string of the molecule is CS(=O)(=O)c1ccc(OCC2CCC(N3CCNCC3)CC2)cc1. The van der Waals surface area contributed by atoms with Gasteiger partial charge < -0.3 is 10.1 Å². The molecule has 0 atom stereocenters. The van der Waals surface area contributed by atoms with E-state index < -0.39 is 9.84 Å². The Morgan fingerprint density at radius 1 is 1.08 bits per heavy atom. The van der Waals surface area contributed by atoms with E-state index in [1.165, 1.54) is 45.0 Å². The molecule has 2 fully saturated rings. The average Bonchev–Trinajstić information content (AvgIpc) is 2.61. The minimum Gasteiger partial charge on any atom is -0.493 e. The molecule has 1 heterocycles. The van der Waals surface area contributed by atoms with Crippen LogP contribution >= 0.6 is 0 Å². The Balaban J connectivity index is 1.43. The number of rotatable bonds is 5. The molecule has 1 saturated carbocycles. The topological polar surface area (TPSA) is 58.6 Å². The van der Waals surface area contributed by atoms with Crippen LogP contribution < -0.4 is 10.1 Å². The highest BCUT2D eigenvalue weighted by Gasteiger charge is 2.26. The zero-order chi connectivity index (χ0) is 17.0. The third kappa shape index (κ3) is 4.71. The Kier molecular flexibility index (Phi) is 5.79. The molecular formula is C18H28N2O3S. The highest BCUT2D eigenvalue weighted by Crippen LogP contribution is 2.28. The number of nitrogens with zero attached hydrogens (tertiary/aromatic N) is 1. The fourth-order valence-corrected chi connectivity index (χ4v) is 4.35. The van der Waals surface area contributed by atoms with Crippen molar-refractivity contribution in [3.05, 3.63) is 24.3 Å². The zero-order valence-corrected chi connectivity index (χ0v) is 15.2. The molecule has 0 bridgehead atoms. The van der Waals surface area contributed by atoms with Crippen molar-refractivity contribution in [2.24, 2.45) is 5.92 Å². The minimum atomic E-state index is -3.14. The van der Waals surface area contributed by atoms with Crippen molar-refractivity contribution in [2.45, 2.75) is 36.6 Å². The molecule has 0 aromatic heterocycles. The third-order valence-electron chi connectivity index (χ3n) is 5.22. The molecule has 1 aromatic carbocycles. The number of ether oxygens (including phenoxy) is 1. The van der Waals surface area contributed by atoms with Gasteiger partial charge in [0, 0.05) is 38.5 Å². The molecule has 1 N–H and O–H groups in total. The van der Waals surface area contributed by atoms with E-state index >= 15 is 0 Å². The molecule has 0 amide bonds. The lowest BCUT2D eigenvalue weighted by Crippen LogP contribution is -2.49. The number of benzene rings is 1. The molecule has 1 aliphatic heterocycles. The third-order valence-corrected chi connectivity index (χ3v) is 6.35. The lowest BCUT2D eigenvalue weighted by molar-refractivity contribution is 0.106. The molecule has 0 unspecified atom stereocenters. The van der Waals surface area contributed by atoms with Crippen LogP contribution in [0.15, 0.2) is 29.2 Å². The van der Waals surface area contributed by atoms with E-state index in [2.05, 4.69) is 10.2 Å². The Bertz CT molecular complexity index is 616. The summed E-state index contributed by atoms with van der Waals surface area (Å²) >= 11 is 0. The van der Waals surface area contributed by atoms with Crippen LogP contribution in [0.1, 0.15) is 25.7 Å². The van der Waals surface area contributed by atoms with Gasteiger partial charge in [-0.2, -0.15) is 0 Å². The quantitative estimate of drug-likeness (QED) is 0.877. The first-order valence-corrected chi connectivity index (χ1v) is 10.8. The van der Waals surface area contributed by atoms with Gasteiger partial charge in [-0.15, -0.1) is 0 Å². The van der Waals surface area contributed by atoms with Crippen molar-refractivity contribution < 1.29 is 13.2 Å². The smallest absolute Gasteiger partial charge is 0.175 e. The van der Waals surface area contributed by atoms with Crippen LogP contribution in [0.4, 0.5) is 0 Å². The van der Waals surface area contributed by atoms with Crippen LogP contribution in [0.3, 0.4) is 0 Å². The number of hydrogen-bond donors (Lipinski definition) is 1. The average molecular weight is 353 g/mol. The predicted molar refractivity (Wildman–Crippen MR) is 95.2 cm³/mol. The van der Waals surface area contributed by atoms with Crippen molar-refractivity contribution in [1.82, 2.24) is 10.2 Å². The van der Waals surface area contributed by atoms with Gasteiger partial charge in [0.25, 0.3) is 0 Å². The zero-order valence-electron chi connectivity index (χ0n) is 14.4. The van der Waals surface area contributed by atoms with Crippen molar-refractivity contribution in [3.63, 3.8) is 0 Å². The lowest BCUT2D eigenvalue weighted by Gasteiger charge is -2.39. The van der Waals surface area contributed by atoms with E-state index in [1.54, 1.807) is 24.3 Å². The van der Waals surface area contributed by atoms with Crippen LogP contribution in [0.5, 0.6) is 5.75 Å². The number of sulfone groups is 1. The van der Waals surface area contributed by atoms with E-state index in [9.17, 15) is 8.42 Å². The summed E-state index contributed by atoms with van der Waals surface area (Å²) < 4.78 is 28.8. The molecule has 2 aliphatic rings. The van der Waals surface area contributed by atoms with E-state index in [4.69, 9.17) is 4.74 Å². The van der Waals surface area contributed by atoms with Crippen molar-refractivity contribution >= 4 is 9.84 Å². The Hall–Kier alpha value is -1.11. The standard InChI is InChI=1S/C18H28N2O3S/c1-24(21,22)18-8-6-17(7-9-18)23-14-15-2-4-16(5-3-15)20-12-10-19-11-13-20/h6-9,15-16,19H,2-5,10-14H2,1H3. The summed E-state index contributed by atoms with van der Waals surface area (Å²) in [5.41, 5.74) is 0. The first kappa shape index (κ1) is 17.7. The molecule has 3 rings (SSSR count). The summed E-state index contributed by atoms with van der Waals surface area (Å²) in [4.78, 5) is 2.98. The summed E-state index contributed by atoms with van der Waals surface area (Å²) in [6, 6.07) is 7.49. The van der Waals surface area contributed by atoms with E-state index in [0.717, 1.165) is 31.5 Å². The Morgan fingerprint density at radius 2 is 1.71 bits per heavy atom. The fourth-order valence-electron chi connectivity index (χ4n) is 3.72. The fraction of sp³-hybridized carbons (Fsp3) is 0.667. The van der Waals surface area contributed by atoms with Gasteiger partial charge in [0.15, 0.2) is 9.84 Å². The van der Waals surface area contributed by atoms with Crippen LogP contribution in [-0.2, 0) is 9.84 Å². The monoisotopic (exact) mass is 352 g/mol. The van der Waals surface area contributed by atoms with Crippen LogP contribution in [0.2, 0.25) is 0 Å². The highest BCUT2D eigenvalue weighted by molar-refractivity contribution is 7.90. The van der Waals surface area contributed by atoms with Gasteiger partial charge in [-0.25, -0.2) is 8.42 Å². The molecule has 5 nitrogen and oxygen atoms in total. The maximum atomic E-state index is 11.5. The van der Waals surface area contributed by atoms with Crippen LogP contribution in [0.25, 0.3) is 0 Å². The Labute approximate surface area is 145 Å². The first-order chi connectivity index (χ1) is 11.5. The summed E-state index contributed by atoms with van der Waals surface area (Å²) in [6.07, 6.45) is 6.19. The number of hydrogen-bond acceptors (Lipinski definition) is 5. The normalized spacial score (nSPS) is 26.2. The van der Waals surface area contributed by atoms with Gasteiger partial charge in [0.05, 0.1) is 11.5 Å². The molecule has 0 spiro atoms. The second kappa shape index (κ2) is 7.85. The van der Waals surface area contributed by atoms with Crippen molar-refractivity contribution in [1.29, 1.82) is 0 Å². The molecule has 1 aromatic rings. The van der Waals surface area contributed by atoms with Crippen molar-refractivity contribution in [2.75, 3.05) is 39.0 Å². The highest BCUT2D eigenvalue weighted by atomic mass is 32.2. The minimum absolute atomic E-state index is 0.339. The number of piperazine rings is 1. The van der Waals surface area contributed by atoms with Crippen molar-refractivity contribution in [3.8, 4) is 5.75 Å². The second-order valence-corrected chi connectivity index (χ2v) is 9.03. The molecule has 1 saturated heterocycles. The van der Waals surface area contributed by atoms with E-state index in [-0.39, 0.29) is 0 Å². The molecule has 1 aliphatic carbocycles. The van der Waals surface area contributed by atoms with E-state index in [0.29, 0.717) is 10.8 Å². The molecule has 6 heteroatoms. The summed E-state index contributed by atoms with van der Waals surface area (Å²) in [5, 5.41) is 3.41. The van der Waals surface area contributed by atoms with Gasteiger partial charge in [-0.3, -0.25) is 4.90 Å². The summed E-state index contributed by atoms with van der Waals surface area (Å²) in [7, 11) is -3.14. The van der Waals surface area contributed by atoms with E-state index in [1.807, 2.05) is 0 Å². The van der Waals surface area contributed by atoms with Crippen LogP contribution in [0, 0.1) is 5.92 Å². The molecular weight excluding hydrogens is 324 g/mol. The van der Waals surface area contributed by atoms with Gasteiger partial charge in [-0.1, -0.05) is 0 Å². The van der Waals surface area contributed by atoms with Crippen LogP contribution in [-0.4, -0.2) is 58.4 Å². The molecule has 134 valence electrons. The maximum Gasteiger partial charge on any atom is 0.175 e. The van der Waals surface area contributed by atoms with Gasteiger partial charge in [-0.05, 0) is 55.9 Å². The summed E-state index contributed by atoms with van der Waals surface area (Å²) in [6.45, 7) is 5.32. The number of nitrogens with one attached hydrogen (secondary N) is 1. The molecule has 0 radical (unpaired) electrons. The first-order valence-electron chi connectivity index (χ1n) is 8.90. The lowest BCUT2D eigenvalue weighted by atomic mass is 9.85. The second-order valence-electron chi connectivity index (χ2n) is 7.02.